The molecule has 1 aliphatic carbocycles. The number of ether oxygens (including phenoxy) is 2. The van der Waals surface area contributed by atoms with Crippen LogP contribution in [-0.4, -0.2) is 19.5 Å². The molecule has 150 valence electrons. The van der Waals surface area contributed by atoms with E-state index in [-0.39, 0.29) is 11.7 Å². The molecule has 2 aliphatic rings. The van der Waals surface area contributed by atoms with Gasteiger partial charge in [-0.15, -0.1) is 0 Å². The van der Waals surface area contributed by atoms with Gasteiger partial charge in [0.2, 0.25) is 0 Å². The molecule has 3 heteroatoms. The van der Waals surface area contributed by atoms with Crippen molar-refractivity contribution in [1.29, 1.82) is 5.26 Å². The quantitative estimate of drug-likeness (QED) is 0.387. The maximum atomic E-state index is 9.70. The van der Waals surface area contributed by atoms with Gasteiger partial charge in [0.1, 0.15) is 0 Å². The molecule has 0 N–H and O–H groups in total. The maximum Gasteiger partial charge on any atom is 0.160 e. The van der Waals surface area contributed by atoms with Crippen LogP contribution in [0.15, 0.2) is 0 Å². The molecule has 1 saturated carbocycles. The molecule has 0 bridgehead atoms. The van der Waals surface area contributed by atoms with Crippen LogP contribution in [0.4, 0.5) is 0 Å². The third-order valence-electron chi connectivity index (χ3n) is 6.58. The average molecular weight is 364 g/mol. The summed E-state index contributed by atoms with van der Waals surface area (Å²) in [5.41, 5.74) is -0.0681. The molecule has 3 nitrogen and oxygen atoms in total. The minimum atomic E-state index is -0.0681. The lowest BCUT2D eigenvalue weighted by Gasteiger charge is -2.40. The predicted octanol–water partition coefficient (Wildman–Crippen LogP) is 6.62. The summed E-state index contributed by atoms with van der Waals surface area (Å²) >= 11 is 0. The van der Waals surface area contributed by atoms with E-state index in [2.05, 4.69) is 19.9 Å². The second-order valence-electron chi connectivity index (χ2n) is 8.79. The van der Waals surface area contributed by atoms with Gasteiger partial charge in [-0.05, 0) is 38.5 Å². The zero-order chi connectivity index (χ0) is 18.7. The van der Waals surface area contributed by atoms with Crippen LogP contribution in [-0.2, 0) is 9.47 Å². The SMILES string of the molecule is CCCCCCCC1COC(C2CCC(C#N)(CCCCC)CC2)OC1. The molecule has 2 rings (SSSR count). The summed E-state index contributed by atoms with van der Waals surface area (Å²) in [6.45, 7) is 6.23. The molecular formula is C23H41NO2. The van der Waals surface area contributed by atoms with Crippen LogP contribution in [0, 0.1) is 28.6 Å². The lowest BCUT2D eigenvalue weighted by molar-refractivity contribution is -0.231. The second kappa shape index (κ2) is 12.0. The van der Waals surface area contributed by atoms with Crippen LogP contribution in [0.3, 0.4) is 0 Å². The number of rotatable bonds is 11. The van der Waals surface area contributed by atoms with Crippen molar-refractivity contribution in [1.82, 2.24) is 0 Å². The Morgan fingerprint density at radius 1 is 0.885 bits per heavy atom. The molecule has 2 fully saturated rings. The zero-order valence-corrected chi connectivity index (χ0v) is 17.3. The minimum Gasteiger partial charge on any atom is -0.352 e. The molecule has 1 aliphatic heterocycles. The molecule has 0 radical (unpaired) electrons. The Balaban J connectivity index is 1.64. The molecule has 0 spiro atoms. The van der Waals surface area contributed by atoms with Crippen molar-refractivity contribution in [3.63, 3.8) is 0 Å². The Labute approximate surface area is 161 Å². The third-order valence-corrected chi connectivity index (χ3v) is 6.58. The molecule has 0 atom stereocenters. The number of hydrogen-bond acceptors (Lipinski definition) is 3. The molecule has 0 amide bonds. The maximum absolute atomic E-state index is 9.70. The lowest BCUT2D eigenvalue weighted by atomic mass is 9.68. The van der Waals surface area contributed by atoms with Gasteiger partial charge in [-0.25, -0.2) is 0 Å². The largest absolute Gasteiger partial charge is 0.352 e. The fourth-order valence-corrected chi connectivity index (χ4v) is 4.63. The van der Waals surface area contributed by atoms with Gasteiger partial charge in [0.25, 0.3) is 0 Å². The van der Waals surface area contributed by atoms with E-state index >= 15 is 0 Å². The minimum absolute atomic E-state index is 0.0151. The highest BCUT2D eigenvalue weighted by molar-refractivity contribution is 5.01. The van der Waals surface area contributed by atoms with E-state index in [1.807, 2.05) is 0 Å². The lowest BCUT2D eigenvalue weighted by Crippen LogP contribution is -2.40. The second-order valence-corrected chi connectivity index (χ2v) is 8.79. The van der Waals surface area contributed by atoms with Crippen LogP contribution in [0.2, 0.25) is 0 Å². The van der Waals surface area contributed by atoms with Crippen molar-refractivity contribution in [3.8, 4) is 6.07 Å². The molecule has 0 unspecified atom stereocenters. The number of nitriles is 1. The Bertz CT molecular complexity index is 401. The Hall–Kier alpha value is -0.590. The Morgan fingerprint density at radius 2 is 1.50 bits per heavy atom. The van der Waals surface area contributed by atoms with Crippen LogP contribution in [0.5, 0.6) is 0 Å². The first-order chi connectivity index (χ1) is 12.7. The highest BCUT2D eigenvalue weighted by atomic mass is 16.7. The summed E-state index contributed by atoms with van der Waals surface area (Å²) < 4.78 is 12.2. The van der Waals surface area contributed by atoms with Gasteiger partial charge in [0.05, 0.1) is 24.7 Å². The fraction of sp³-hybridized carbons (Fsp3) is 0.957. The van der Waals surface area contributed by atoms with E-state index in [0.717, 1.165) is 45.3 Å². The van der Waals surface area contributed by atoms with E-state index < -0.39 is 0 Å². The van der Waals surface area contributed by atoms with Crippen LogP contribution < -0.4 is 0 Å². The normalized spacial score (nSPS) is 32.3. The van der Waals surface area contributed by atoms with E-state index in [1.165, 1.54) is 57.8 Å². The van der Waals surface area contributed by atoms with Crippen molar-refractivity contribution in [2.45, 2.75) is 110 Å². The first kappa shape index (κ1) is 21.7. The fourth-order valence-electron chi connectivity index (χ4n) is 4.63. The van der Waals surface area contributed by atoms with Crippen molar-refractivity contribution < 1.29 is 9.47 Å². The number of hydrogen-bond donors (Lipinski definition) is 0. The number of nitrogens with zero attached hydrogens (tertiary/aromatic N) is 1. The third kappa shape index (κ3) is 6.86. The van der Waals surface area contributed by atoms with Gasteiger partial charge in [-0.2, -0.15) is 5.26 Å². The summed E-state index contributed by atoms with van der Waals surface area (Å²) in [5.74, 6) is 1.08. The van der Waals surface area contributed by atoms with Gasteiger partial charge in [-0.1, -0.05) is 65.2 Å². The van der Waals surface area contributed by atoms with Gasteiger partial charge in [0.15, 0.2) is 6.29 Å². The molecule has 1 heterocycles. The van der Waals surface area contributed by atoms with Crippen molar-refractivity contribution in [2.24, 2.45) is 17.3 Å². The van der Waals surface area contributed by atoms with Gasteiger partial charge >= 0.3 is 0 Å². The van der Waals surface area contributed by atoms with Crippen molar-refractivity contribution in [3.05, 3.63) is 0 Å². The summed E-state index contributed by atoms with van der Waals surface area (Å²) in [6.07, 6.45) is 16.9. The van der Waals surface area contributed by atoms with Crippen LogP contribution in [0.25, 0.3) is 0 Å². The molecule has 0 aromatic rings. The number of unbranched alkanes of at least 4 members (excludes halogenated alkanes) is 6. The summed E-state index contributed by atoms with van der Waals surface area (Å²) in [7, 11) is 0. The molecule has 26 heavy (non-hydrogen) atoms. The van der Waals surface area contributed by atoms with Gasteiger partial charge in [-0.3, -0.25) is 0 Å². The van der Waals surface area contributed by atoms with Crippen LogP contribution >= 0.6 is 0 Å². The van der Waals surface area contributed by atoms with Crippen molar-refractivity contribution in [2.75, 3.05) is 13.2 Å². The van der Waals surface area contributed by atoms with E-state index in [4.69, 9.17) is 9.47 Å². The van der Waals surface area contributed by atoms with E-state index in [0.29, 0.717) is 11.8 Å². The molecular weight excluding hydrogens is 322 g/mol. The highest BCUT2D eigenvalue weighted by Gasteiger charge is 2.39. The van der Waals surface area contributed by atoms with E-state index in [1.54, 1.807) is 0 Å². The van der Waals surface area contributed by atoms with Gasteiger partial charge in [0, 0.05) is 11.8 Å². The van der Waals surface area contributed by atoms with Gasteiger partial charge < -0.3 is 9.47 Å². The molecule has 1 saturated heterocycles. The Kier molecular flexibility index (Phi) is 10.0. The summed E-state index contributed by atoms with van der Waals surface area (Å²) in [4.78, 5) is 0. The predicted molar refractivity (Wildman–Crippen MR) is 107 cm³/mol. The zero-order valence-electron chi connectivity index (χ0n) is 17.3. The van der Waals surface area contributed by atoms with Crippen LogP contribution in [0.1, 0.15) is 104 Å². The topological polar surface area (TPSA) is 42.2 Å². The first-order valence-corrected chi connectivity index (χ1v) is 11.4. The highest BCUT2D eigenvalue weighted by Crippen LogP contribution is 2.44. The van der Waals surface area contributed by atoms with E-state index in [9.17, 15) is 5.26 Å². The smallest absolute Gasteiger partial charge is 0.160 e. The molecule has 0 aromatic heterocycles. The monoisotopic (exact) mass is 363 g/mol. The first-order valence-electron chi connectivity index (χ1n) is 11.4. The average Bonchev–Trinajstić information content (AvgIpc) is 2.69. The standard InChI is InChI=1S/C23H41NO2/c1-3-5-7-8-9-11-20-17-25-22(26-18-20)21-12-15-23(19-24,16-13-21)14-10-6-4-2/h20-22H,3-18H2,1-2H3. The summed E-state index contributed by atoms with van der Waals surface area (Å²) in [6, 6.07) is 2.66. The Morgan fingerprint density at radius 3 is 2.12 bits per heavy atom. The molecule has 0 aromatic carbocycles. The van der Waals surface area contributed by atoms with Crippen molar-refractivity contribution >= 4 is 0 Å². The summed E-state index contributed by atoms with van der Waals surface area (Å²) in [5, 5.41) is 9.70.